The van der Waals surface area contributed by atoms with Crippen LogP contribution >= 0.6 is 0 Å². The van der Waals surface area contributed by atoms with Crippen LogP contribution in [0.2, 0.25) is 0 Å². The highest BCUT2D eigenvalue weighted by atomic mass is 16.3. The number of furan rings is 1. The second kappa shape index (κ2) is 6.26. The van der Waals surface area contributed by atoms with Crippen LogP contribution in [0.5, 0.6) is 0 Å². The number of hydrogen-bond donors (Lipinski definition) is 1. The maximum absolute atomic E-state index is 5.32. The first-order chi connectivity index (χ1) is 8.34. The molecule has 0 radical (unpaired) electrons. The molecule has 0 bridgehead atoms. The Kier molecular flexibility index (Phi) is 4.39. The van der Waals surface area contributed by atoms with Gasteiger partial charge in [-0.25, -0.2) is 0 Å². The van der Waals surface area contributed by atoms with Gasteiger partial charge in [-0.1, -0.05) is 30.3 Å². The normalized spacial score (nSPS) is 12.5. The maximum atomic E-state index is 5.32. The smallest absolute Gasteiger partial charge is 0.157 e. The van der Waals surface area contributed by atoms with Crippen molar-refractivity contribution in [2.75, 3.05) is 0 Å². The number of nitrogens with two attached hydrogens (primary N) is 1. The van der Waals surface area contributed by atoms with Crippen molar-refractivity contribution in [1.82, 2.24) is 0 Å². The Morgan fingerprint density at radius 3 is 2.65 bits per heavy atom. The van der Waals surface area contributed by atoms with E-state index in [0.717, 1.165) is 18.7 Å². The SMILES string of the molecule is C[C@H](CCc1ccccc1)[NH2+]Cc1ccco1. The summed E-state index contributed by atoms with van der Waals surface area (Å²) in [5.74, 6) is 1.05. The fraction of sp³-hybridized carbons (Fsp3) is 0.333. The van der Waals surface area contributed by atoms with Gasteiger partial charge in [0.05, 0.1) is 12.3 Å². The molecular weight excluding hydrogens is 210 g/mol. The highest BCUT2D eigenvalue weighted by Gasteiger charge is 2.06. The molecule has 2 aromatic rings. The van der Waals surface area contributed by atoms with Crippen molar-refractivity contribution >= 4 is 0 Å². The Hall–Kier alpha value is -1.54. The number of hydrogen-bond acceptors (Lipinski definition) is 1. The van der Waals surface area contributed by atoms with E-state index in [4.69, 9.17) is 4.42 Å². The van der Waals surface area contributed by atoms with Crippen LogP contribution in [0.25, 0.3) is 0 Å². The zero-order valence-electron chi connectivity index (χ0n) is 10.3. The number of quaternary nitrogens is 1. The molecule has 0 aliphatic rings. The second-order valence-corrected chi connectivity index (χ2v) is 4.52. The zero-order chi connectivity index (χ0) is 11.9. The Morgan fingerprint density at radius 1 is 1.12 bits per heavy atom. The summed E-state index contributed by atoms with van der Waals surface area (Å²) in [7, 11) is 0. The third-order valence-corrected chi connectivity index (χ3v) is 3.03. The topological polar surface area (TPSA) is 29.8 Å². The molecule has 2 N–H and O–H groups in total. The van der Waals surface area contributed by atoms with E-state index in [-0.39, 0.29) is 0 Å². The molecule has 17 heavy (non-hydrogen) atoms. The molecule has 0 fully saturated rings. The van der Waals surface area contributed by atoms with Crippen LogP contribution in [0.15, 0.2) is 53.1 Å². The largest absolute Gasteiger partial charge is 0.463 e. The number of benzene rings is 1. The maximum Gasteiger partial charge on any atom is 0.157 e. The lowest BCUT2D eigenvalue weighted by atomic mass is 10.1. The van der Waals surface area contributed by atoms with Crippen molar-refractivity contribution in [2.24, 2.45) is 0 Å². The van der Waals surface area contributed by atoms with Gasteiger partial charge in [0, 0.05) is 6.42 Å². The van der Waals surface area contributed by atoms with E-state index in [1.807, 2.05) is 12.1 Å². The molecule has 0 unspecified atom stereocenters. The predicted octanol–water partition coefficient (Wildman–Crippen LogP) is 2.36. The van der Waals surface area contributed by atoms with Crippen molar-refractivity contribution in [3.05, 3.63) is 60.1 Å². The lowest BCUT2D eigenvalue weighted by Gasteiger charge is -2.09. The van der Waals surface area contributed by atoms with E-state index in [1.165, 1.54) is 12.0 Å². The van der Waals surface area contributed by atoms with Crippen LogP contribution in [-0.2, 0) is 13.0 Å². The van der Waals surface area contributed by atoms with E-state index < -0.39 is 0 Å². The molecule has 0 saturated carbocycles. The summed E-state index contributed by atoms with van der Waals surface area (Å²) in [6, 6.07) is 15.3. The average Bonchev–Trinajstić information content (AvgIpc) is 2.88. The van der Waals surface area contributed by atoms with Gasteiger partial charge in [-0.3, -0.25) is 0 Å². The molecule has 2 heteroatoms. The monoisotopic (exact) mass is 230 g/mol. The van der Waals surface area contributed by atoms with E-state index >= 15 is 0 Å². The Bertz CT molecular complexity index is 408. The molecule has 0 amide bonds. The molecule has 0 saturated heterocycles. The molecule has 0 aliphatic carbocycles. The lowest BCUT2D eigenvalue weighted by Crippen LogP contribution is -2.87. The quantitative estimate of drug-likeness (QED) is 0.811. The molecule has 0 aliphatic heterocycles. The molecule has 1 aromatic heterocycles. The molecule has 1 heterocycles. The van der Waals surface area contributed by atoms with Crippen LogP contribution in [0.3, 0.4) is 0 Å². The van der Waals surface area contributed by atoms with Crippen molar-refractivity contribution in [1.29, 1.82) is 0 Å². The van der Waals surface area contributed by atoms with Gasteiger partial charge in [-0.2, -0.15) is 0 Å². The summed E-state index contributed by atoms with van der Waals surface area (Å²) < 4.78 is 5.32. The van der Waals surface area contributed by atoms with Gasteiger partial charge in [0.1, 0.15) is 6.54 Å². The van der Waals surface area contributed by atoms with E-state index in [0.29, 0.717) is 6.04 Å². The van der Waals surface area contributed by atoms with Crippen molar-refractivity contribution in [3.8, 4) is 0 Å². The molecule has 2 nitrogen and oxygen atoms in total. The van der Waals surface area contributed by atoms with Gasteiger partial charge < -0.3 is 9.73 Å². The third kappa shape index (κ3) is 4.08. The first-order valence-electron chi connectivity index (χ1n) is 6.24. The average molecular weight is 230 g/mol. The summed E-state index contributed by atoms with van der Waals surface area (Å²) in [5, 5.41) is 2.34. The molecule has 0 spiro atoms. The van der Waals surface area contributed by atoms with Gasteiger partial charge in [-0.15, -0.1) is 0 Å². The van der Waals surface area contributed by atoms with Crippen LogP contribution in [-0.4, -0.2) is 6.04 Å². The van der Waals surface area contributed by atoms with Gasteiger partial charge >= 0.3 is 0 Å². The first kappa shape index (κ1) is 11.9. The van der Waals surface area contributed by atoms with Crippen molar-refractivity contribution in [3.63, 3.8) is 0 Å². The summed E-state index contributed by atoms with van der Waals surface area (Å²) in [4.78, 5) is 0. The van der Waals surface area contributed by atoms with E-state index in [2.05, 4.69) is 42.6 Å². The predicted molar refractivity (Wildman–Crippen MR) is 68.6 cm³/mol. The van der Waals surface area contributed by atoms with Gasteiger partial charge in [0.15, 0.2) is 5.76 Å². The highest BCUT2D eigenvalue weighted by Crippen LogP contribution is 2.03. The van der Waals surface area contributed by atoms with Gasteiger partial charge in [0.25, 0.3) is 0 Å². The summed E-state index contributed by atoms with van der Waals surface area (Å²) in [6.07, 6.45) is 4.08. The number of rotatable bonds is 6. The van der Waals surface area contributed by atoms with Crippen LogP contribution < -0.4 is 5.32 Å². The first-order valence-corrected chi connectivity index (χ1v) is 6.24. The minimum absolute atomic E-state index is 0.625. The Balaban J connectivity index is 1.69. The van der Waals surface area contributed by atoms with Gasteiger partial charge in [-0.05, 0) is 31.0 Å². The van der Waals surface area contributed by atoms with Gasteiger partial charge in [0.2, 0.25) is 0 Å². The van der Waals surface area contributed by atoms with Crippen LogP contribution in [0.1, 0.15) is 24.7 Å². The zero-order valence-corrected chi connectivity index (χ0v) is 10.3. The van der Waals surface area contributed by atoms with Crippen molar-refractivity contribution in [2.45, 2.75) is 32.4 Å². The summed E-state index contributed by atoms with van der Waals surface area (Å²) in [6.45, 7) is 3.20. The van der Waals surface area contributed by atoms with Crippen LogP contribution in [0.4, 0.5) is 0 Å². The fourth-order valence-corrected chi connectivity index (χ4v) is 1.90. The minimum atomic E-state index is 0.625. The summed E-state index contributed by atoms with van der Waals surface area (Å²) >= 11 is 0. The molecule has 2 rings (SSSR count). The Labute approximate surface area is 103 Å². The Morgan fingerprint density at radius 2 is 1.94 bits per heavy atom. The second-order valence-electron chi connectivity index (χ2n) is 4.52. The molecule has 90 valence electrons. The molecular formula is C15H20NO+. The summed E-state index contributed by atoms with van der Waals surface area (Å²) in [5.41, 5.74) is 1.42. The van der Waals surface area contributed by atoms with E-state index in [9.17, 15) is 0 Å². The third-order valence-electron chi connectivity index (χ3n) is 3.03. The molecule has 1 aromatic carbocycles. The fourth-order valence-electron chi connectivity index (χ4n) is 1.90. The van der Waals surface area contributed by atoms with Crippen LogP contribution in [0, 0.1) is 0 Å². The van der Waals surface area contributed by atoms with Crippen molar-refractivity contribution < 1.29 is 9.73 Å². The standard InChI is InChI=1S/C15H19NO/c1-13(16-12-15-8-5-11-17-15)9-10-14-6-3-2-4-7-14/h2-8,11,13,16H,9-10,12H2,1H3/p+1/t13-/m1/s1. The number of aryl methyl sites for hydroxylation is 1. The minimum Gasteiger partial charge on any atom is -0.463 e. The lowest BCUT2D eigenvalue weighted by molar-refractivity contribution is -0.703. The van der Waals surface area contributed by atoms with E-state index in [1.54, 1.807) is 6.26 Å². The highest BCUT2D eigenvalue weighted by molar-refractivity contribution is 5.14. The molecule has 1 atom stereocenters.